The van der Waals surface area contributed by atoms with Crippen LogP contribution in [0.1, 0.15) is 239 Å². The van der Waals surface area contributed by atoms with Gasteiger partial charge in [0.05, 0.1) is 0 Å². The molecule has 0 aliphatic carbocycles. The number of rotatable bonds is 44. The summed E-state index contributed by atoms with van der Waals surface area (Å²) in [5.41, 5.74) is 0. The Morgan fingerprint density at radius 2 is 0.661 bits per heavy atom. The van der Waals surface area contributed by atoms with Crippen molar-refractivity contribution < 1.29 is 28.6 Å². The quantitative estimate of drug-likeness (QED) is 0.0263. The van der Waals surface area contributed by atoms with E-state index in [2.05, 4.69) is 81.5 Å². The van der Waals surface area contributed by atoms with Crippen molar-refractivity contribution in [3.63, 3.8) is 0 Å². The predicted molar refractivity (Wildman–Crippen MR) is 251 cm³/mol. The largest absolute Gasteiger partial charge is 0.462 e. The van der Waals surface area contributed by atoms with Gasteiger partial charge in [-0.1, -0.05) is 197 Å². The molecule has 0 aliphatic rings. The number of carbonyl (C=O) groups is 3. The summed E-state index contributed by atoms with van der Waals surface area (Å²) >= 11 is 0. The minimum absolute atomic E-state index is 0.0903. The van der Waals surface area contributed by atoms with Crippen LogP contribution in [0.3, 0.4) is 0 Å². The maximum atomic E-state index is 12.7. The molecule has 0 bridgehead atoms. The Balaban J connectivity index is 4.43. The highest BCUT2D eigenvalue weighted by atomic mass is 16.6. The predicted octanol–water partition coefficient (Wildman–Crippen LogP) is 16.1. The van der Waals surface area contributed by atoms with Gasteiger partial charge in [0, 0.05) is 19.3 Å². The van der Waals surface area contributed by atoms with Crippen molar-refractivity contribution in [3.05, 3.63) is 60.8 Å². The van der Waals surface area contributed by atoms with Crippen LogP contribution >= 0.6 is 0 Å². The number of esters is 3. The third-order valence-electron chi connectivity index (χ3n) is 10.5. The van der Waals surface area contributed by atoms with E-state index in [1.807, 2.05) is 0 Å². The van der Waals surface area contributed by atoms with Crippen LogP contribution in [-0.4, -0.2) is 37.2 Å². The van der Waals surface area contributed by atoms with Crippen molar-refractivity contribution in [2.75, 3.05) is 13.2 Å². The second kappa shape index (κ2) is 47.8. The molecule has 0 saturated carbocycles. The highest BCUT2D eigenvalue weighted by molar-refractivity contribution is 5.71. The van der Waals surface area contributed by atoms with E-state index in [1.165, 1.54) is 109 Å². The topological polar surface area (TPSA) is 78.9 Å². The summed E-state index contributed by atoms with van der Waals surface area (Å²) in [5.74, 6) is -0.939. The van der Waals surface area contributed by atoms with Crippen LogP contribution in [0.25, 0.3) is 0 Å². The molecule has 0 unspecified atom stereocenters. The standard InChI is InChI=1S/C53H92O6/c1-4-7-10-13-16-19-22-24-26-28-31-33-36-39-42-45-51(54)57-48-50(59-53(56)47-44-41-38-35-30-21-18-15-12-9-6-3)49-58-52(55)46-43-40-37-34-32-29-27-25-23-20-17-14-11-8-5-2/h7,10,16,19,24-27,31,33,50H,4-6,8-9,11-15,17-18,20-23,28-30,32,34-49H2,1-3H3/b10-7-,19-16-,26-24-,27-25-,33-31-/t50-/m1/s1. The van der Waals surface area contributed by atoms with Crippen LogP contribution in [-0.2, 0) is 28.6 Å². The lowest BCUT2D eigenvalue weighted by Crippen LogP contribution is -2.30. The lowest BCUT2D eigenvalue weighted by Gasteiger charge is -2.18. The highest BCUT2D eigenvalue weighted by Crippen LogP contribution is 2.14. The monoisotopic (exact) mass is 825 g/mol. The molecule has 59 heavy (non-hydrogen) atoms. The van der Waals surface area contributed by atoms with Gasteiger partial charge >= 0.3 is 17.9 Å². The molecular formula is C53H92O6. The van der Waals surface area contributed by atoms with Gasteiger partial charge in [0.25, 0.3) is 0 Å². The molecule has 0 radical (unpaired) electrons. The third kappa shape index (κ3) is 46.0. The van der Waals surface area contributed by atoms with E-state index in [9.17, 15) is 14.4 Å². The molecule has 0 saturated heterocycles. The zero-order valence-corrected chi connectivity index (χ0v) is 38.8. The number of hydrogen-bond acceptors (Lipinski definition) is 6. The van der Waals surface area contributed by atoms with Gasteiger partial charge in [-0.3, -0.25) is 14.4 Å². The first kappa shape index (κ1) is 56.1. The van der Waals surface area contributed by atoms with Gasteiger partial charge in [0.2, 0.25) is 0 Å². The number of hydrogen-bond donors (Lipinski definition) is 0. The van der Waals surface area contributed by atoms with E-state index in [0.29, 0.717) is 19.3 Å². The first-order chi connectivity index (χ1) is 29.0. The molecule has 1 atom stereocenters. The summed E-state index contributed by atoms with van der Waals surface area (Å²) in [4.78, 5) is 37.8. The maximum absolute atomic E-state index is 12.7. The number of carbonyl (C=O) groups excluding carboxylic acids is 3. The average Bonchev–Trinajstić information content (AvgIpc) is 3.23. The van der Waals surface area contributed by atoms with Gasteiger partial charge in [0.15, 0.2) is 6.10 Å². The van der Waals surface area contributed by atoms with Crippen molar-refractivity contribution in [3.8, 4) is 0 Å². The van der Waals surface area contributed by atoms with E-state index in [0.717, 1.165) is 89.9 Å². The summed E-state index contributed by atoms with van der Waals surface area (Å²) in [6.07, 6.45) is 57.7. The molecule has 0 aromatic rings. The molecule has 0 rings (SSSR count). The first-order valence-corrected chi connectivity index (χ1v) is 24.8. The van der Waals surface area contributed by atoms with Crippen LogP contribution in [0, 0.1) is 0 Å². The highest BCUT2D eigenvalue weighted by Gasteiger charge is 2.19. The Kier molecular flexibility index (Phi) is 45.4. The van der Waals surface area contributed by atoms with Crippen LogP contribution < -0.4 is 0 Å². The summed E-state index contributed by atoms with van der Waals surface area (Å²) in [5, 5.41) is 0. The molecule has 0 spiro atoms. The minimum atomic E-state index is -0.790. The van der Waals surface area contributed by atoms with E-state index in [4.69, 9.17) is 14.2 Å². The van der Waals surface area contributed by atoms with Crippen LogP contribution in [0.15, 0.2) is 60.8 Å². The molecule has 6 nitrogen and oxygen atoms in total. The van der Waals surface area contributed by atoms with Crippen molar-refractivity contribution in [1.29, 1.82) is 0 Å². The Labute approximate surface area is 364 Å². The molecule has 0 aliphatic heterocycles. The fourth-order valence-electron chi connectivity index (χ4n) is 6.78. The smallest absolute Gasteiger partial charge is 0.306 e. The molecule has 0 heterocycles. The average molecular weight is 825 g/mol. The van der Waals surface area contributed by atoms with Crippen molar-refractivity contribution in [1.82, 2.24) is 0 Å². The Bertz CT molecular complexity index is 1090. The van der Waals surface area contributed by atoms with Gasteiger partial charge in [-0.05, 0) is 83.5 Å². The van der Waals surface area contributed by atoms with Gasteiger partial charge in [0.1, 0.15) is 13.2 Å². The fraction of sp³-hybridized carbons (Fsp3) is 0.755. The number of ether oxygens (including phenoxy) is 3. The second-order valence-corrected chi connectivity index (χ2v) is 16.3. The SMILES string of the molecule is CC/C=C\C/C=C\C/C=C\C/C=C\CCCCC(=O)OC[C@H](COC(=O)CCCCCCC/C=C\CCCCCCCC)OC(=O)CCCCCCCCCCCCC. The van der Waals surface area contributed by atoms with Gasteiger partial charge in [-0.15, -0.1) is 0 Å². The molecule has 0 aromatic carbocycles. The van der Waals surface area contributed by atoms with Crippen molar-refractivity contribution in [2.24, 2.45) is 0 Å². The minimum Gasteiger partial charge on any atom is -0.462 e. The zero-order chi connectivity index (χ0) is 43.0. The molecule has 0 fully saturated rings. The maximum Gasteiger partial charge on any atom is 0.306 e. The number of allylic oxidation sites excluding steroid dienone is 10. The zero-order valence-electron chi connectivity index (χ0n) is 38.8. The van der Waals surface area contributed by atoms with E-state index < -0.39 is 6.10 Å². The molecule has 0 aromatic heterocycles. The summed E-state index contributed by atoms with van der Waals surface area (Å²) in [7, 11) is 0. The van der Waals surface area contributed by atoms with Crippen LogP contribution in [0.2, 0.25) is 0 Å². The molecule has 6 heteroatoms. The van der Waals surface area contributed by atoms with E-state index in [1.54, 1.807) is 0 Å². The van der Waals surface area contributed by atoms with Crippen molar-refractivity contribution in [2.45, 2.75) is 245 Å². The molecule has 340 valence electrons. The lowest BCUT2D eigenvalue weighted by molar-refractivity contribution is -0.167. The van der Waals surface area contributed by atoms with Gasteiger partial charge < -0.3 is 14.2 Å². The first-order valence-electron chi connectivity index (χ1n) is 24.8. The summed E-state index contributed by atoms with van der Waals surface area (Å²) < 4.78 is 16.7. The fourth-order valence-corrected chi connectivity index (χ4v) is 6.78. The normalized spacial score (nSPS) is 12.5. The Morgan fingerprint density at radius 1 is 0.356 bits per heavy atom. The van der Waals surface area contributed by atoms with E-state index in [-0.39, 0.29) is 31.1 Å². The molecule has 0 amide bonds. The second-order valence-electron chi connectivity index (χ2n) is 16.3. The molecular weight excluding hydrogens is 733 g/mol. The van der Waals surface area contributed by atoms with E-state index >= 15 is 0 Å². The van der Waals surface area contributed by atoms with Crippen molar-refractivity contribution >= 4 is 17.9 Å². The Hall–Kier alpha value is -2.89. The Morgan fingerprint density at radius 3 is 1.08 bits per heavy atom. The summed E-state index contributed by atoms with van der Waals surface area (Å²) in [6.45, 7) is 6.47. The van der Waals surface area contributed by atoms with Crippen LogP contribution in [0.5, 0.6) is 0 Å². The van der Waals surface area contributed by atoms with Gasteiger partial charge in [-0.25, -0.2) is 0 Å². The van der Waals surface area contributed by atoms with Gasteiger partial charge in [-0.2, -0.15) is 0 Å². The lowest BCUT2D eigenvalue weighted by atomic mass is 10.1. The third-order valence-corrected chi connectivity index (χ3v) is 10.5. The number of unbranched alkanes of at least 4 members (excludes halogenated alkanes) is 23. The molecule has 0 N–H and O–H groups in total. The van der Waals surface area contributed by atoms with Crippen LogP contribution in [0.4, 0.5) is 0 Å². The summed E-state index contributed by atoms with van der Waals surface area (Å²) in [6, 6.07) is 0.